The highest BCUT2D eigenvalue weighted by Gasteiger charge is 2.22. The first-order chi connectivity index (χ1) is 12.3. The third-order valence-electron chi connectivity index (χ3n) is 3.87. The predicted molar refractivity (Wildman–Crippen MR) is 102 cm³/mol. The van der Waals surface area contributed by atoms with Crippen LogP contribution in [0, 0.1) is 0 Å². The van der Waals surface area contributed by atoms with Gasteiger partial charge < -0.3 is 11.1 Å². The second-order valence-electron chi connectivity index (χ2n) is 5.88. The van der Waals surface area contributed by atoms with Crippen molar-refractivity contribution in [1.29, 1.82) is 0 Å². The van der Waals surface area contributed by atoms with E-state index in [1.54, 1.807) is 12.4 Å². The predicted octanol–water partition coefficient (Wildman–Crippen LogP) is 1.96. The Morgan fingerprint density at radius 1 is 1.08 bits per heavy atom. The molecule has 0 unspecified atom stereocenters. The molecule has 0 aliphatic heterocycles. The zero-order valence-corrected chi connectivity index (χ0v) is 15.6. The van der Waals surface area contributed by atoms with E-state index in [0.29, 0.717) is 16.9 Å². The molecule has 136 valence electrons. The van der Waals surface area contributed by atoms with Gasteiger partial charge in [-0.3, -0.25) is 4.98 Å². The number of rotatable bonds is 5. The summed E-state index contributed by atoms with van der Waals surface area (Å²) in [4.78, 5) is 12.9. The first-order valence-electron chi connectivity index (χ1n) is 8.02. The van der Waals surface area contributed by atoms with E-state index in [9.17, 15) is 8.42 Å². The summed E-state index contributed by atoms with van der Waals surface area (Å²) >= 11 is 0. The summed E-state index contributed by atoms with van der Waals surface area (Å²) in [5, 5.41) is 3.12. The lowest BCUT2D eigenvalue weighted by Gasteiger charge is -2.14. The van der Waals surface area contributed by atoms with Crippen molar-refractivity contribution in [3.05, 3.63) is 36.7 Å². The molecule has 0 atom stereocenters. The smallest absolute Gasteiger partial charge is 0.246 e. The molecule has 0 spiro atoms. The molecule has 0 radical (unpaired) electrons. The average molecular weight is 372 g/mol. The van der Waals surface area contributed by atoms with Crippen molar-refractivity contribution in [3.8, 4) is 11.1 Å². The highest BCUT2D eigenvalue weighted by atomic mass is 32.2. The van der Waals surface area contributed by atoms with Crippen LogP contribution in [0.3, 0.4) is 0 Å². The topological polar surface area (TPSA) is 114 Å². The SMILES string of the molecule is CCNc1cnc2ccc(-c3cnc(N)c(S(=O)(=O)N(C)C)c3)cc2n1. The quantitative estimate of drug-likeness (QED) is 0.703. The molecule has 0 aliphatic carbocycles. The fourth-order valence-electron chi connectivity index (χ4n) is 2.47. The number of nitrogens with one attached hydrogen (secondary N) is 1. The van der Waals surface area contributed by atoms with Crippen LogP contribution in [0.2, 0.25) is 0 Å². The highest BCUT2D eigenvalue weighted by molar-refractivity contribution is 7.89. The van der Waals surface area contributed by atoms with Crippen LogP contribution in [0.4, 0.5) is 11.6 Å². The normalized spacial score (nSPS) is 11.8. The van der Waals surface area contributed by atoms with Gasteiger partial charge in [-0.1, -0.05) is 6.07 Å². The van der Waals surface area contributed by atoms with Gasteiger partial charge in [0.25, 0.3) is 0 Å². The Balaban J connectivity index is 2.11. The molecule has 3 aromatic rings. The van der Waals surface area contributed by atoms with Crippen LogP contribution in [0.25, 0.3) is 22.2 Å². The van der Waals surface area contributed by atoms with Gasteiger partial charge in [0, 0.05) is 32.4 Å². The van der Waals surface area contributed by atoms with Crippen LogP contribution in [0.5, 0.6) is 0 Å². The van der Waals surface area contributed by atoms with Gasteiger partial charge in [0.1, 0.15) is 16.5 Å². The molecule has 0 fully saturated rings. The number of anilines is 2. The maximum absolute atomic E-state index is 12.4. The number of sulfonamides is 1. The zero-order chi connectivity index (χ0) is 18.9. The summed E-state index contributed by atoms with van der Waals surface area (Å²) in [7, 11) is -0.779. The summed E-state index contributed by atoms with van der Waals surface area (Å²) in [5.74, 6) is 0.654. The highest BCUT2D eigenvalue weighted by Crippen LogP contribution is 2.28. The van der Waals surface area contributed by atoms with E-state index in [2.05, 4.69) is 20.3 Å². The van der Waals surface area contributed by atoms with Crippen LogP contribution in [0.1, 0.15) is 6.92 Å². The van der Waals surface area contributed by atoms with Gasteiger partial charge in [-0.2, -0.15) is 0 Å². The Morgan fingerprint density at radius 3 is 2.54 bits per heavy atom. The minimum absolute atomic E-state index is 0.0208. The number of hydrogen-bond donors (Lipinski definition) is 2. The van der Waals surface area contributed by atoms with E-state index < -0.39 is 10.0 Å². The van der Waals surface area contributed by atoms with Gasteiger partial charge in [0.15, 0.2) is 0 Å². The zero-order valence-electron chi connectivity index (χ0n) is 14.8. The lowest BCUT2D eigenvalue weighted by molar-refractivity contribution is 0.521. The molecular weight excluding hydrogens is 352 g/mol. The maximum atomic E-state index is 12.4. The van der Waals surface area contributed by atoms with Crippen molar-refractivity contribution in [2.75, 3.05) is 31.7 Å². The molecular formula is C17H20N6O2S. The number of fused-ring (bicyclic) bond motifs is 1. The molecule has 0 saturated carbocycles. The van der Waals surface area contributed by atoms with E-state index in [1.165, 1.54) is 20.2 Å². The van der Waals surface area contributed by atoms with Crippen LogP contribution < -0.4 is 11.1 Å². The molecule has 8 nitrogen and oxygen atoms in total. The monoisotopic (exact) mass is 372 g/mol. The number of nitrogens with two attached hydrogens (primary N) is 1. The van der Waals surface area contributed by atoms with E-state index in [0.717, 1.165) is 21.9 Å². The van der Waals surface area contributed by atoms with E-state index in [1.807, 2.05) is 25.1 Å². The fraction of sp³-hybridized carbons (Fsp3) is 0.235. The maximum Gasteiger partial charge on any atom is 0.246 e. The third kappa shape index (κ3) is 3.31. The number of nitrogens with zero attached hydrogens (tertiary/aromatic N) is 4. The Morgan fingerprint density at radius 2 is 1.85 bits per heavy atom. The van der Waals surface area contributed by atoms with Gasteiger partial charge >= 0.3 is 0 Å². The Bertz CT molecular complexity index is 1070. The first kappa shape index (κ1) is 18.0. The molecule has 9 heteroatoms. The average Bonchev–Trinajstić information content (AvgIpc) is 2.61. The molecule has 0 saturated heterocycles. The minimum atomic E-state index is -3.69. The van der Waals surface area contributed by atoms with E-state index in [4.69, 9.17) is 5.73 Å². The van der Waals surface area contributed by atoms with Crippen molar-refractivity contribution < 1.29 is 8.42 Å². The number of pyridine rings is 1. The molecule has 1 aromatic carbocycles. The van der Waals surface area contributed by atoms with Crippen LogP contribution in [0.15, 0.2) is 41.6 Å². The van der Waals surface area contributed by atoms with Crippen molar-refractivity contribution in [2.24, 2.45) is 0 Å². The third-order valence-corrected chi connectivity index (χ3v) is 5.72. The van der Waals surface area contributed by atoms with Crippen molar-refractivity contribution >= 4 is 32.7 Å². The van der Waals surface area contributed by atoms with Gasteiger partial charge in [-0.05, 0) is 30.7 Å². The summed E-state index contributed by atoms with van der Waals surface area (Å²) < 4.78 is 26.0. The lowest BCUT2D eigenvalue weighted by Crippen LogP contribution is -2.23. The molecule has 0 bridgehead atoms. The van der Waals surface area contributed by atoms with Gasteiger partial charge in [-0.25, -0.2) is 22.7 Å². The number of nitrogen functional groups attached to an aromatic ring is 1. The summed E-state index contributed by atoms with van der Waals surface area (Å²) in [5.41, 5.74) is 8.66. The first-order valence-corrected chi connectivity index (χ1v) is 9.46. The molecule has 0 amide bonds. The Hall–Kier alpha value is -2.78. The Kier molecular flexibility index (Phi) is 4.75. The van der Waals surface area contributed by atoms with Gasteiger partial charge in [0.2, 0.25) is 10.0 Å². The summed E-state index contributed by atoms with van der Waals surface area (Å²) in [6.45, 7) is 2.72. The summed E-state index contributed by atoms with van der Waals surface area (Å²) in [6, 6.07) is 7.07. The van der Waals surface area contributed by atoms with Gasteiger partial charge in [-0.15, -0.1) is 0 Å². The number of benzene rings is 1. The fourth-order valence-corrected chi connectivity index (χ4v) is 3.46. The van der Waals surface area contributed by atoms with E-state index >= 15 is 0 Å². The van der Waals surface area contributed by atoms with E-state index in [-0.39, 0.29) is 10.7 Å². The summed E-state index contributed by atoms with van der Waals surface area (Å²) in [6.07, 6.45) is 3.23. The minimum Gasteiger partial charge on any atom is -0.383 e. The van der Waals surface area contributed by atoms with Crippen molar-refractivity contribution in [1.82, 2.24) is 19.3 Å². The number of hydrogen-bond acceptors (Lipinski definition) is 7. The van der Waals surface area contributed by atoms with Crippen molar-refractivity contribution in [2.45, 2.75) is 11.8 Å². The lowest BCUT2D eigenvalue weighted by atomic mass is 10.1. The van der Waals surface area contributed by atoms with Crippen LogP contribution >= 0.6 is 0 Å². The van der Waals surface area contributed by atoms with Crippen LogP contribution in [-0.4, -0.2) is 48.3 Å². The number of aromatic nitrogens is 3. The molecule has 3 rings (SSSR count). The molecule has 0 aliphatic rings. The largest absolute Gasteiger partial charge is 0.383 e. The van der Waals surface area contributed by atoms with Crippen molar-refractivity contribution in [3.63, 3.8) is 0 Å². The molecule has 3 N–H and O–H groups in total. The van der Waals surface area contributed by atoms with Crippen LogP contribution in [-0.2, 0) is 10.0 Å². The van der Waals surface area contributed by atoms with Gasteiger partial charge in [0.05, 0.1) is 17.2 Å². The second kappa shape index (κ2) is 6.85. The molecule has 26 heavy (non-hydrogen) atoms. The molecule has 2 aromatic heterocycles. The Labute approximate surface area is 152 Å². The standard InChI is InChI=1S/C17H20N6O2S/c1-4-19-16-10-20-13-6-5-11(7-14(13)22-16)12-8-15(17(18)21-9-12)26(24,25)23(2)3/h5-10H,4H2,1-3H3,(H2,18,21)(H,19,22). The second-order valence-corrected chi connectivity index (χ2v) is 8.00. The molecule has 2 heterocycles.